The first kappa shape index (κ1) is 10.9. The quantitative estimate of drug-likeness (QED) is 0.708. The molecule has 1 aliphatic heterocycles. The fourth-order valence-corrected chi connectivity index (χ4v) is 1.86. The second kappa shape index (κ2) is 5.49. The fraction of sp³-hybridized carbons (Fsp3) is 0.500. The molecule has 0 bridgehead atoms. The minimum Gasteiger partial charge on any atom is -0.478 e. The number of hydrogen-bond donors (Lipinski definition) is 0. The smallest absolute Gasteiger partial charge is 0.216 e. The molecule has 1 aromatic rings. The Morgan fingerprint density at radius 3 is 3.12 bits per heavy atom. The number of aromatic nitrogens is 2. The maximum atomic E-state index is 5.49. The lowest BCUT2D eigenvalue weighted by Gasteiger charge is -2.18. The van der Waals surface area contributed by atoms with E-state index in [0.29, 0.717) is 12.5 Å². The standard InChI is InChI=1S/C12H17N3O/c1-11-4-2-7-15(11)8-3-9-16-12-5-6-13-10-14-12/h5-6,10H,1-4,7-9H2. The topological polar surface area (TPSA) is 38.2 Å². The van der Waals surface area contributed by atoms with Crippen molar-refractivity contribution in [2.75, 3.05) is 19.7 Å². The summed E-state index contributed by atoms with van der Waals surface area (Å²) in [7, 11) is 0. The van der Waals surface area contributed by atoms with Crippen LogP contribution in [-0.2, 0) is 0 Å². The maximum absolute atomic E-state index is 5.49. The highest BCUT2D eigenvalue weighted by molar-refractivity contribution is 5.04. The summed E-state index contributed by atoms with van der Waals surface area (Å²) >= 11 is 0. The van der Waals surface area contributed by atoms with Crippen LogP contribution in [0.25, 0.3) is 0 Å². The van der Waals surface area contributed by atoms with Crippen LogP contribution < -0.4 is 4.74 Å². The highest BCUT2D eigenvalue weighted by Crippen LogP contribution is 2.18. The molecular weight excluding hydrogens is 202 g/mol. The molecule has 0 radical (unpaired) electrons. The van der Waals surface area contributed by atoms with Crippen molar-refractivity contribution in [3.8, 4) is 5.88 Å². The van der Waals surface area contributed by atoms with E-state index in [1.165, 1.54) is 18.4 Å². The third-order valence-corrected chi connectivity index (χ3v) is 2.72. The van der Waals surface area contributed by atoms with Gasteiger partial charge in [0.1, 0.15) is 6.33 Å². The van der Waals surface area contributed by atoms with Gasteiger partial charge in [-0.05, 0) is 19.3 Å². The Morgan fingerprint density at radius 1 is 1.50 bits per heavy atom. The Morgan fingerprint density at radius 2 is 2.44 bits per heavy atom. The Balaban J connectivity index is 1.64. The summed E-state index contributed by atoms with van der Waals surface area (Å²) in [6.07, 6.45) is 6.57. The molecule has 0 N–H and O–H groups in total. The normalized spacial score (nSPS) is 15.5. The summed E-state index contributed by atoms with van der Waals surface area (Å²) in [5.74, 6) is 0.648. The predicted octanol–water partition coefficient (Wildman–Crippen LogP) is 1.85. The third kappa shape index (κ3) is 2.95. The summed E-state index contributed by atoms with van der Waals surface area (Å²) in [6.45, 7) is 6.91. The van der Waals surface area contributed by atoms with Crippen molar-refractivity contribution in [3.05, 3.63) is 30.9 Å². The molecule has 0 amide bonds. The van der Waals surface area contributed by atoms with Gasteiger partial charge in [0.05, 0.1) is 6.61 Å². The van der Waals surface area contributed by atoms with Crippen LogP contribution in [0.5, 0.6) is 5.88 Å². The second-order valence-corrected chi connectivity index (χ2v) is 3.91. The van der Waals surface area contributed by atoms with Gasteiger partial charge in [0.25, 0.3) is 0 Å². The van der Waals surface area contributed by atoms with Gasteiger partial charge in [0, 0.05) is 31.0 Å². The maximum Gasteiger partial charge on any atom is 0.216 e. The summed E-state index contributed by atoms with van der Waals surface area (Å²) in [4.78, 5) is 10.2. The van der Waals surface area contributed by atoms with Crippen molar-refractivity contribution >= 4 is 0 Å². The summed E-state index contributed by atoms with van der Waals surface area (Å²) in [5, 5.41) is 0. The number of ether oxygens (including phenoxy) is 1. The van der Waals surface area contributed by atoms with E-state index < -0.39 is 0 Å². The van der Waals surface area contributed by atoms with Crippen LogP contribution in [0.15, 0.2) is 30.9 Å². The molecule has 4 heteroatoms. The average Bonchev–Trinajstić information content (AvgIpc) is 2.72. The molecule has 2 rings (SSSR count). The first-order valence-electron chi connectivity index (χ1n) is 5.68. The number of nitrogens with zero attached hydrogens (tertiary/aromatic N) is 3. The fourth-order valence-electron chi connectivity index (χ4n) is 1.86. The monoisotopic (exact) mass is 219 g/mol. The Hall–Kier alpha value is -1.58. The summed E-state index contributed by atoms with van der Waals surface area (Å²) in [5.41, 5.74) is 1.27. The van der Waals surface area contributed by atoms with Crippen LogP contribution in [0, 0.1) is 0 Å². The zero-order chi connectivity index (χ0) is 11.2. The molecule has 86 valence electrons. The van der Waals surface area contributed by atoms with E-state index in [2.05, 4.69) is 21.4 Å². The lowest BCUT2D eigenvalue weighted by molar-refractivity contribution is 0.271. The first-order chi connectivity index (χ1) is 7.86. The van der Waals surface area contributed by atoms with Crippen molar-refractivity contribution in [2.45, 2.75) is 19.3 Å². The van der Waals surface area contributed by atoms with E-state index in [1.807, 2.05) is 0 Å². The van der Waals surface area contributed by atoms with Gasteiger partial charge < -0.3 is 9.64 Å². The molecule has 0 aliphatic carbocycles. The van der Waals surface area contributed by atoms with E-state index in [9.17, 15) is 0 Å². The van der Waals surface area contributed by atoms with Gasteiger partial charge in [0.15, 0.2) is 0 Å². The summed E-state index contributed by atoms with van der Waals surface area (Å²) < 4.78 is 5.49. The predicted molar refractivity (Wildman–Crippen MR) is 62.1 cm³/mol. The van der Waals surface area contributed by atoms with Crippen LogP contribution in [0.1, 0.15) is 19.3 Å². The third-order valence-electron chi connectivity index (χ3n) is 2.72. The molecule has 0 aromatic carbocycles. The zero-order valence-corrected chi connectivity index (χ0v) is 9.43. The minimum atomic E-state index is 0.648. The van der Waals surface area contributed by atoms with Crippen molar-refractivity contribution in [1.82, 2.24) is 14.9 Å². The van der Waals surface area contributed by atoms with Gasteiger partial charge in [-0.2, -0.15) is 0 Å². The highest BCUT2D eigenvalue weighted by atomic mass is 16.5. The van der Waals surface area contributed by atoms with Crippen molar-refractivity contribution in [3.63, 3.8) is 0 Å². The van der Waals surface area contributed by atoms with Crippen LogP contribution in [-0.4, -0.2) is 34.6 Å². The molecule has 1 aromatic heterocycles. The van der Waals surface area contributed by atoms with Gasteiger partial charge in [0.2, 0.25) is 5.88 Å². The van der Waals surface area contributed by atoms with Crippen LogP contribution in [0.2, 0.25) is 0 Å². The molecular formula is C12H17N3O. The number of rotatable bonds is 5. The number of allylic oxidation sites excluding steroid dienone is 1. The van der Waals surface area contributed by atoms with E-state index in [0.717, 1.165) is 25.9 Å². The van der Waals surface area contributed by atoms with Crippen molar-refractivity contribution < 1.29 is 4.74 Å². The summed E-state index contributed by atoms with van der Waals surface area (Å²) in [6, 6.07) is 1.77. The Labute approximate surface area is 96.0 Å². The van der Waals surface area contributed by atoms with Gasteiger partial charge in [-0.1, -0.05) is 6.58 Å². The van der Waals surface area contributed by atoms with Crippen molar-refractivity contribution in [1.29, 1.82) is 0 Å². The largest absolute Gasteiger partial charge is 0.478 e. The molecule has 0 unspecified atom stereocenters. The van der Waals surface area contributed by atoms with Crippen LogP contribution in [0.4, 0.5) is 0 Å². The van der Waals surface area contributed by atoms with Crippen LogP contribution >= 0.6 is 0 Å². The van der Waals surface area contributed by atoms with E-state index in [1.54, 1.807) is 12.3 Å². The minimum absolute atomic E-state index is 0.648. The number of hydrogen-bond acceptors (Lipinski definition) is 4. The van der Waals surface area contributed by atoms with Gasteiger partial charge in [-0.25, -0.2) is 9.97 Å². The van der Waals surface area contributed by atoms with E-state index >= 15 is 0 Å². The second-order valence-electron chi connectivity index (χ2n) is 3.91. The molecule has 4 nitrogen and oxygen atoms in total. The van der Waals surface area contributed by atoms with Crippen LogP contribution in [0.3, 0.4) is 0 Å². The Kier molecular flexibility index (Phi) is 3.75. The molecule has 1 aliphatic rings. The first-order valence-corrected chi connectivity index (χ1v) is 5.68. The van der Waals surface area contributed by atoms with E-state index in [-0.39, 0.29) is 0 Å². The average molecular weight is 219 g/mol. The molecule has 2 heterocycles. The highest BCUT2D eigenvalue weighted by Gasteiger charge is 2.13. The van der Waals surface area contributed by atoms with Crippen molar-refractivity contribution in [2.24, 2.45) is 0 Å². The SMILES string of the molecule is C=C1CCCN1CCCOc1ccncn1. The zero-order valence-electron chi connectivity index (χ0n) is 9.43. The molecule has 1 saturated heterocycles. The van der Waals surface area contributed by atoms with Gasteiger partial charge in [-0.15, -0.1) is 0 Å². The molecule has 1 fully saturated rings. The van der Waals surface area contributed by atoms with Gasteiger partial charge >= 0.3 is 0 Å². The van der Waals surface area contributed by atoms with Gasteiger partial charge in [-0.3, -0.25) is 0 Å². The molecule has 0 atom stereocenters. The number of likely N-dealkylation sites (tertiary alicyclic amines) is 1. The lowest BCUT2D eigenvalue weighted by Crippen LogP contribution is -2.20. The molecule has 0 saturated carbocycles. The Bertz CT molecular complexity index is 339. The van der Waals surface area contributed by atoms with E-state index in [4.69, 9.17) is 4.74 Å². The molecule has 16 heavy (non-hydrogen) atoms. The lowest BCUT2D eigenvalue weighted by atomic mass is 10.3. The molecule has 0 spiro atoms.